The maximum atomic E-state index is 12.0. The van der Waals surface area contributed by atoms with Gasteiger partial charge in [0.15, 0.2) is 0 Å². The molecule has 2 unspecified atom stereocenters. The van der Waals surface area contributed by atoms with Gasteiger partial charge in [-0.15, -0.1) is 0 Å². The van der Waals surface area contributed by atoms with Gasteiger partial charge in [-0.1, -0.05) is 13.8 Å². The number of carbonyl (C=O) groups is 1. The fraction of sp³-hybridized carbons (Fsp3) is 0.909. The zero-order chi connectivity index (χ0) is 10.3. The van der Waals surface area contributed by atoms with Gasteiger partial charge in [0.2, 0.25) is 5.91 Å². The van der Waals surface area contributed by atoms with Crippen molar-refractivity contribution in [2.24, 2.45) is 5.92 Å². The molecule has 0 aromatic heterocycles. The normalized spacial score (nSPS) is 42.8. The lowest BCUT2D eigenvalue weighted by atomic mass is 9.80. The lowest BCUT2D eigenvalue weighted by molar-refractivity contribution is -0.134. The molecule has 1 saturated heterocycles. The molecule has 1 amide bonds. The maximum Gasteiger partial charge on any atom is 0.241 e. The van der Waals surface area contributed by atoms with Gasteiger partial charge in [-0.3, -0.25) is 10.1 Å². The molecule has 1 heterocycles. The van der Waals surface area contributed by atoms with E-state index in [4.69, 9.17) is 0 Å². The van der Waals surface area contributed by atoms with E-state index in [0.717, 1.165) is 12.3 Å². The summed E-state index contributed by atoms with van der Waals surface area (Å²) in [7, 11) is 0. The van der Waals surface area contributed by atoms with Gasteiger partial charge in [-0.05, 0) is 32.1 Å². The largest absolute Gasteiger partial charge is 0.323 e. The minimum absolute atomic E-state index is 0.0703. The Bertz CT molecular complexity index is 235. The van der Waals surface area contributed by atoms with Gasteiger partial charge >= 0.3 is 0 Å². The summed E-state index contributed by atoms with van der Waals surface area (Å²) in [6.45, 7) is 6.41. The van der Waals surface area contributed by atoms with Gasteiger partial charge in [0, 0.05) is 6.04 Å². The molecule has 2 aliphatic rings. The van der Waals surface area contributed by atoms with Crippen molar-refractivity contribution in [2.45, 2.75) is 58.3 Å². The SMILES string of the molecule is CCC1NC(C)N(C2CC(C)C2)C1=O. The van der Waals surface area contributed by atoms with Gasteiger partial charge in [-0.25, -0.2) is 0 Å². The zero-order valence-electron chi connectivity index (χ0n) is 9.29. The van der Waals surface area contributed by atoms with Crippen LogP contribution in [0.1, 0.15) is 40.0 Å². The predicted molar refractivity (Wildman–Crippen MR) is 55.7 cm³/mol. The Labute approximate surface area is 85.8 Å². The number of carbonyl (C=O) groups excluding carboxylic acids is 1. The molecule has 3 heteroatoms. The van der Waals surface area contributed by atoms with Crippen LogP contribution in [0.4, 0.5) is 0 Å². The van der Waals surface area contributed by atoms with E-state index in [1.165, 1.54) is 12.8 Å². The molecular formula is C11H20N2O. The van der Waals surface area contributed by atoms with E-state index in [0.29, 0.717) is 11.9 Å². The smallest absolute Gasteiger partial charge is 0.241 e. The molecule has 14 heavy (non-hydrogen) atoms. The second-order valence-electron chi connectivity index (χ2n) is 4.78. The highest BCUT2D eigenvalue weighted by Crippen LogP contribution is 2.34. The first-order valence-electron chi connectivity index (χ1n) is 5.71. The van der Waals surface area contributed by atoms with Crippen LogP contribution in [0.3, 0.4) is 0 Å². The van der Waals surface area contributed by atoms with Crippen LogP contribution >= 0.6 is 0 Å². The monoisotopic (exact) mass is 196 g/mol. The van der Waals surface area contributed by atoms with Crippen molar-refractivity contribution in [1.29, 1.82) is 0 Å². The Morgan fingerprint density at radius 1 is 1.43 bits per heavy atom. The summed E-state index contributed by atoms with van der Waals surface area (Å²) in [6, 6.07) is 0.581. The average molecular weight is 196 g/mol. The van der Waals surface area contributed by atoms with Crippen molar-refractivity contribution < 1.29 is 4.79 Å². The average Bonchev–Trinajstić information content (AvgIpc) is 2.37. The van der Waals surface area contributed by atoms with Crippen LogP contribution in [0.25, 0.3) is 0 Å². The summed E-state index contributed by atoms with van der Waals surface area (Å²) in [5.74, 6) is 1.12. The minimum Gasteiger partial charge on any atom is -0.323 e. The van der Waals surface area contributed by atoms with Crippen LogP contribution in [0.5, 0.6) is 0 Å². The third kappa shape index (κ3) is 1.44. The highest BCUT2D eigenvalue weighted by molar-refractivity contribution is 5.84. The highest BCUT2D eigenvalue weighted by Gasteiger charge is 2.43. The van der Waals surface area contributed by atoms with Gasteiger partial charge in [0.05, 0.1) is 12.2 Å². The number of hydrogen-bond acceptors (Lipinski definition) is 2. The summed E-state index contributed by atoms with van der Waals surface area (Å²) in [4.78, 5) is 14.0. The summed E-state index contributed by atoms with van der Waals surface area (Å²) in [5.41, 5.74) is 0. The van der Waals surface area contributed by atoms with Crippen LogP contribution in [-0.2, 0) is 4.79 Å². The van der Waals surface area contributed by atoms with Gasteiger partial charge in [0.1, 0.15) is 0 Å². The van der Waals surface area contributed by atoms with Crippen molar-refractivity contribution in [3.8, 4) is 0 Å². The minimum atomic E-state index is 0.0703. The number of hydrogen-bond donors (Lipinski definition) is 1. The molecule has 3 nitrogen and oxygen atoms in total. The molecule has 1 aliphatic carbocycles. The number of amides is 1. The van der Waals surface area contributed by atoms with Gasteiger partial charge in [0.25, 0.3) is 0 Å². The van der Waals surface area contributed by atoms with Crippen LogP contribution in [0.2, 0.25) is 0 Å². The van der Waals surface area contributed by atoms with E-state index in [-0.39, 0.29) is 12.2 Å². The number of rotatable bonds is 2. The lowest BCUT2D eigenvalue weighted by Gasteiger charge is -2.41. The van der Waals surface area contributed by atoms with Crippen LogP contribution < -0.4 is 5.32 Å². The summed E-state index contributed by atoms with van der Waals surface area (Å²) in [5, 5.41) is 3.34. The quantitative estimate of drug-likeness (QED) is 0.723. The standard InChI is InChI=1S/C11H20N2O/c1-4-10-11(14)13(8(3)12-10)9-5-7(2)6-9/h7-10,12H,4-6H2,1-3H3. The second kappa shape index (κ2) is 3.54. The van der Waals surface area contributed by atoms with Crippen molar-refractivity contribution >= 4 is 5.91 Å². The third-order valence-electron chi connectivity index (χ3n) is 3.56. The van der Waals surface area contributed by atoms with E-state index >= 15 is 0 Å². The van der Waals surface area contributed by atoms with E-state index in [1.807, 2.05) is 0 Å². The first-order chi connectivity index (χ1) is 6.63. The molecule has 2 fully saturated rings. The van der Waals surface area contributed by atoms with Crippen LogP contribution in [-0.4, -0.2) is 29.1 Å². The van der Waals surface area contributed by atoms with Crippen LogP contribution in [0.15, 0.2) is 0 Å². The predicted octanol–water partition coefficient (Wildman–Crippen LogP) is 1.34. The second-order valence-corrected chi connectivity index (χ2v) is 4.78. The van der Waals surface area contributed by atoms with Crippen molar-refractivity contribution in [2.75, 3.05) is 0 Å². The molecule has 1 N–H and O–H groups in total. The van der Waals surface area contributed by atoms with Crippen molar-refractivity contribution in [3.63, 3.8) is 0 Å². The Hall–Kier alpha value is -0.570. The Morgan fingerprint density at radius 3 is 2.50 bits per heavy atom. The molecule has 0 spiro atoms. The molecular weight excluding hydrogens is 176 g/mol. The number of nitrogens with zero attached hydrogens (tertiary/aromatic N) is 1. The third-order valence-corrected chi connectivity index (χ3v) is 3.56. The summed E-state index contributed by atoms with van der Waals surface area (Å²) < 4.78 is 0. The molecule has 2 rings (SSSR count). The van der Waals surface area contributed by atoms with E-state index in [9.17, 15) is 4.79 Å². The van der Waals surface area contributed by atoms with Crippen LogP contribution in [0, 0.1) is 5.92 Å². The lowest BCUT2D eigenvalue weighted by Crippen LogP contribution is -2.49. The molecule has 2 atom stereocenters. The first-order valence-corrected chi connectivity index (χ1v) is 5.71. The summed E-state index contributed by atoms with van der Waals surface area (Å²) >= 11 is 0. The van der Waals surface area contributed by atoms with Gasteiger partial charge in [-0.2, -0.15) is 0 Å². The molecule has 0 aromatic carbocycles. The molecule has 80 valence electrons. The van der Waals surface area contributed by atoms with E-state index in [2.05, 4.69) is 31.0 Å². The number of nitrogens with one attached hydrogen (secondary N) is 1. The van der Waals surface area contributed by atoms with Crippen molar-refractivity contribution in [3.05, 3.63) is 0 Å². The molecule has 0 aromatic rings. The Morgan fingerprint density at radius 2 is 2.07 bits per heavy atom. The molecule has 0 bridgehead atoms. The van der Waals surface area contributed by atoms with Crippen molar-refractivity contribution in [1.82, 2.24) is 10.2 Å². The maximum absolute atomic E-state index is 12.0. The topological polar surface area (TPSA) is 32.3 Å². The Balaban J connectivity index is 2.01. The molecule has 1 aliphatic heterocycles. The summed E-state index contributed by atoms with van der Waals surface area (Å²) in [6.07, 6.45) is 3.52. The molecule has 0 radical (unpaired) electrons. The van der Waals surface area contributed by atoms with Gasteiger partial charge < -0.3 is 4.90 Å². The Kier molecular flexibility index (Phi) is 2.52. The fourth-order valence-electron chi connectivity index (χ4n) is 2.69. The van der Waals surface area contributed by atoms with E-state index in [1.54, 1.807) is 0 Å². The fourth-order valence-corrected chi connectivity index (χ4v) is 2.69. The first kappa shape index (κ1) is 9.97. The molecule has 1 saturated carbocycles. The highest BCUT2D eigenvalue weighted by atomic mass is 16.2. The zero-order valence-corrected chi connectivity index (χ0v) is 9.29. The van der Waals surface area contributed by atoms with E-state index < -0.39 is 0 Å².